The van der Waals surface area contributed by atoms with E-state index < -0.39 is 5.97 Å². The van der Waals surface area contributed by atoms with E-state index in [9.17, 15) is 9.59 Å². The average molecular weight is 328 g/mol. The van der Waals surface area contributed by atoms with E-state index in [1.807, 2.05) is 30.3 Å². The van der Waals surface area contributed by atoms with Crippen LogP contribution in [0.1, 0.15) is 26.3 Å². The van der Waals surface area contributed by atoms with Crippen molar-refractivity contribution < 1.29 is 14.3 Å². The summed E-state index contributed by atoms with van der Waals surface area (Å²) >= 11 is 0. The lowest BCUT2D eigenvalue weighted by Crippen LogP contribution is -2.10. The van der Waals surface area contributed by atoms with Crippen LogP contribution in [0, 0.1) is 0 Å². The van der Waals surface area contributed by atoms with Crippen molar-refractivity contribution >= 4 is 17.8 Å². The number of ether oxygens (including phenoxy) is 1. The Morgan fingerprint density at radius 3 is 2.04 bits per heavy atom. The standard InChI is InChI=1S/C22H16O3/c23-21(18-10-3-1-4-11-18)16-15-17-9-7-8-14-20(17)22(24)25-19-12-5-2-6-13-19/h1-16H/b16-15+. The Bertz CT molecular complexity index is 897. The predicted molar refractivity (Wildman–Crippen MR) is 97.6 cm³/mol. The molecule has 3 aromatic carbocycles. The second-order valence-electron chi connectivity index (χ2n) is 5.35. The highest BCUT2D eigenvalue weighted by atomic mass is 16.5. The van der Waals surface area contributed by atoms with Crippen LogP contribution in [-0.4, -0.2) is 11.8 Å². The van der Waals surface area contributed by atoms with Crippen molar-refractivity contribution in [2.45, 2.75) is 0 Å². The Hall–Kier alpha value is -3.46. The number of ketones is 1. The maximum absolute atomic E-state index is 12.4. The fourth-order valence-electron chi connectivity index (χ4n) is 2.34. The highest BCUT2D eigenvalue weighted by molar-refractivity contribution is 6.07. The van der Waals surface area contributed by atoms with Gasteiger partial charge in [0, 0.05) is 5.56 Å². The van der Waals surface area contributed by atoms with Gasteiger partial charge in [0.15, 0.2) is 5.78 Å². The third-order valence-electron chi connectivity index (χ3n) is 3.61. The molecular weight excluding hydrogens is 312 g/mol. The summed E-state index contributed by atoms with van der Waals surface area (Å²) in [7, 11) is 0. The van der Waals surface area contributed by atoms with Gasteiger partial charge in [0.2, 0.25) is 0 Å². The van der Waals surface area contributed by atoms with Crippen molar-refractivity contribution in [3.63, 3.8) is 0 Å². The van der Waals surface area contributed by atoms with Gasteiger partial charge >= 0.3 is 5.97 Å². The summed E-state index contributed by atoms with van der Waals surface area (Å²) in [6.07, 6.45) is 3.10. The summed E-state index contributed by atoms with van der Waals surface area (Å²) in [5.41, 5.74) is 1.64. The summed E-state index contributed by atoms with van der Waals surface area (Å²) in [6, 6.07) is 24.9. The van der Waals surface area contributed by atoms with Crippen molar-refractivity contribution in [1.82, 2.24) is 0 Å². The van der Waals surface area contributed by atoms with Crippen LogP contribution in [0.4, 0.5) is 0 Å². The van der Waals surface area contributed by atoms with E-state index in [1.165, 1.54) is 6.08 Å². The van der Waals surface area contributed by atoms with Gasteiger partial charge in [-0.3, -0.25) is 4.79 Å². The molecule has 0 fully saturated rings. The predicted octanol–water partition coefficient (Wildman–Crippen LogP) is 4.80. The zero-order valence-electron chi connectivity index (χ0n) is 13.5. The Morgan fingerprint density at radius 2 is 1.32 bits per heavy atom. The van der Waals surface area contributed by atoms with E-state index in [0.29, 0.717) is 22.4 Å². The van der Waals surface area contributed by atoms with Gasteiger partial charge in [-0.15, -0.1) is 0 Å². The first-order chi connectivity index (χ1) is 12.2. The minimum absolute atomic E-state index is 0.119. The molecule has 3 aromatic rings. The Labute approximate surface area is 146 Å². The molecule has 0 atom stereocenters. The second kappa shape index (κ2) is 7.88. The van der Waals surface area contributed by atoms with Gasteiger partial charge in [0.1, 0.15) is 5.75 Å². The first-order valence-corrected chi connectivity index (χ1v) is 7.88. The first-order valence-electron chi connectivity index (χ1n) is 7.88. The van der Waals surface area contributed by atoms with Crippen LogP contribution >= 0.6 is 0 Å². The summed E-state index contributed by atoms with van der Waals surface area (Å²) < 4.78 is 5.37. The Kier molecular flexibility index (Phi) is 5.17. The molecule has 25 heavy (non-hydrogen) atoms. The van der Waals surface area contributed by atoms with E-state index >= 15 is 0 Å². The summed E-state index contributed by atoms with van der Waals surface area (Å²) in [6.45, 7) is 0. The molecule has 0 unspecified atom stereocenters. The van der Waals surface area contributed by atoms with E-state index in [-0.39, 0.29) is 5.78 Å². The zero-order chi connectivity index (χ0) is 17.5. The van der Waals surface area contributed by atoms with Gasteiger partial charge in [-0.25, -0.2) is 4.79 Å². The molecule has 3 nitrogen and oxygen atoms in total. The molecule has 3 heteroatoms. The van der Waals surface area contributed by atoms with Gasteiger partial charge in [-0.1, -0.05) is 72.8 Å². The van der Waals surface area contributed by atoms with Crippen molar-refractivity contribution in [3.05, 3.63) is 108 Å². The molecule has 3 rings (SSSR count). The maximum Gasteiger partial charge on any atom is 0.344 e. The average Bonchev–Trinajstić information content (AvgIpc) is 2.68. The highest BCUT2D eigenvalue weighted by Gasteiger charge is 2.12. The topological polar surface area (TPSA) is 43.4 Å². The zero-order valence-corrected chi connectivity index (χ0v) is 13.5. The van der Waals surface area contributed by atoms with Crippen LogP contribution in [0.25, 0.3) is 6.08 Å². The lowest BCUT2D eigenvalue weighted by Gasteiger charge is -2.06. The third kappa shape index (κ3) is 4.30. The van der Waals surface area contributed by atoms with Crippen molar-refractivity contribution in [2.75, 3.05) is 0 Å². The van der Waals surface area contributed by atoms with E-state index in [1.54, 1.807) is 60.7 Å². The van der Waals surface area contributed by atoms with Gasteiger partial charge in [-0.05, 0) is 29.8 Å². The second-order valence-corrected chi connectivity index (χ2v) is 5.35. The maximum atomic E-state index is 12.4. The quantitative estimate of drug-likeness (QED) is 0.292. The number of benzene rings is 3. The van der Waals surface area contributed by atoms with Crippen LogP contribution in [0.15, 0.2) is 91.0 Å². The minimum atomic E-state index is -0.460. The van der Waals surface area contributed by atoms with E-state index in [2.05, 4.69) is 0 Å². The van der Waals surface area contributed by atoms with Gasteiger partial charge < -0.3 is 4.74 Å². The van der Waals surface area contributed by atoms with Gasteiger partial charge in [0.05, 0.1) is 5.56 Å². The molecular formula is C22H16O3. The Morgan fingerprint density at radius 1 is 0.720 bits per heavy atom. The number of allylic oxidation sites excluding steroid dienone is 1. The Balaban J connectivity index is 1.80. The number of carbonyl (C=O) groups excluding carboxylic acids is 2. The van der Waals surface area contributed by atoms with Crippen molar-refractivity contribution in [3.8, 4) is 5.75 Å². The molecule has 0 aliphatic heterocycles. The van der Waals surface area contributed by atoms with Crippen LogP contribution in [0.3, 0.4) is 0 Å². The van der Waals surface area contributed by atoms with Crippen LogP contribution < -0.4 is 4.74 Å². The summed E-state index contributed by atoms with van der Waals surface area (Å²) in [4.78, 5) is 24.6. The normalized spacial score (nSPS) is 10.6. The number of esters is 1. The molecule has 122 valence electrons. The highest BCUT2D eigenvalue weighted by Crippen LogP contribution is 2.16. The molecule has 0 bridgehead atoms. The van der Waals surface area contributed by atoms with E-state index in [4.69, 9.17) is 4.74 Å². The first kappa shape index (κ1) is 16.4. The molecule has 0 saturated carbocycles. The molecule has 0 aliphatic carbocycles. The van der Waals surface area contributed by atoms with E-state index in [0.717, 1.165) is 0 Å². The van der Waals surface area contributed by atoms with Crippen LogP contribution in [-0.2, 0) is 0 Å². The number of hydrogen-bond donors (Lipinski definition) is 0. The van der Waals surface area contributed by atoms with Crippen LogP contribution in [0.5, 0.6) is 5.75 Å². The summed E-state index contributed by atoms with van der Waals surface area (Å²) in [5, 5.41) is 0. The molecule has 0 aliphatic rings. The number of hydrogen-bond acceptors (Lipinski definition) is 3. The number of carbonyl (C=O) groups is 2. The molecule has 0 heterocycles. The third-order valence-corrected chi connectivity index (χ3v) is 3.61. The largest absolute Gasteiger partial charge is 0.423 e. The fraction of sp³-hybridized carbons (Fsp3) is 0. The molecule has 0 aromatic heterocycles. The molecule has 0 amide bonds. The molecule has 0 spiro atoms. The fourth-order valence-corrected chi connectivity index (χ4v) is 2.34. The SMILES string of the molecule is O=C(/C=C/c1ccccc1C(=O)Oc1ccccc1)c1ccccc1. The molecule has 0 N–H and O–H groups in total. The van der Waals surface area contributed by atoms with Crippen LogP contribution in [0.2, 0.25) is 0 Å². The summed E-state index contributed by atoms with van der Waals surface area (Å²) in [5.74, 6) is -0.0999. The molecule has 0 saturated heterocycles. The minimum Gasteiger partial charge on any atom is -0.423 e. The lowest BCUT2D eigenvalue weighted by atomic mass is 10.1. The number of para-hydroxylation sites is 1. The van der Waals surface area contributed by atoms with Crippen molar-refractivity contribution in [1.29, 1.82) is 0 Å². The van der Waals surface area contributed by atoms with Gasteiger partial charge in [-0.2, -0.15) is 0 Å². The molecule has 0 radical (unpaired) electrons. The number of rotatable bonds is 5. The lowest BCUT2D eigenvalue weighted by molar-refractivity contribution is 0.0734. The van der Waals surface area contributed by atoms with Crippen molar-refractivity contribution in [2.24, 2.45) is 0 Å². The monoisotopic (exact) mass is 328 g/mol. The smallest absolute Gasteiger partial charge is 0.344 e. The van der Waals surface area contributed by atoms with Gasteiger partial charge in [0.25, 0.3) is 0 Å².